The van der Waals surface area contributed by atoms with Crippen LogP contribution in [0.4, 0.5) is 16.4 Å². The summed E-state index contributed by atoms with van der Waals surface area (Å²) in [6.45, 7) is 2.91. The molecule has 1 saturated heterocycles. The Kier molecular flexibility index (Phi) is 6.68. The van der Waals surface area contributed by atoms with Crippen molar-refractivity contribution in [3.63, 3.8) is 0 Å². The van der Waals surface area contributed by atoms with Crippen LogP contribution >= 0.6 is 11.3 Å². The average molecular weight is 438 g/mol. The highest BCUT2D eigenvalue weighted by atomic mass is 32.1. The summed E-state index contributed by atoms with van der Waals surface area (Å²) in [4.78, 5) is 41.2. The predicted molar refractivity (Wildman–Crippen MR) is 120 cm³/mol. The molecule has 2 aromatic heterocycles. The molecule has 0 saturated carbocycles. The molecule has 10 heteroatoms. The molecule has 1 fully saturated rings. The highest BCUT2D eigenvalue weighted by molar-refractivity contribution is 7.13. The van der Waals surface area contributed by atoms with Gasteiger partial charge in [0.15, 0.2) is 0 Å². The van der Waals surface area contributed by atoms with Crippen molar-refractivity contribution in [2.24, 2.45) is 0 Å². The molecule has 3 heterocycles. The largest absolute Gasteiger partial charge is 0.339 e. The van der Waals surface area contributed by atoms with E-state index in [0.29, 0.717) is 37.8 Å². The normalized spacial score (nSPS) is 13.7. The van der Waals surface area contributed by atoms with Crippen LogP contribution in [0.1, 0.15) is 6.42 Å². The first-order valence-electron chi connectivity index (χ1n) is 10.0. The molecule has 0 radical (unpaired) electrons. The Bertz CT molecular complexity index is 988. The minimum Gasteiger partial charge on any atom is -0.339 e. The predicted octanol–water partition coefficient (Wildman–Crippen LogP) is 2.46. The van der Waals surface area contributed by atoms with Crippen LogP contribution in [0.15, 0.2) is 54.3 Å². The monoisotopic (exact) mass is 437 g/mol. The van der Waals surface area contributed by atoms with Crippen LogP contribution in [-0.2, 0) is 4.79 Å². The van der Waals surface area contributed by atoms with Gasteiger partial charge in [-0.05, 0) is 30.3 Å². The molecule has 9 nitrogen and oxygen atoms in total. The molecule has 0 bridgehead atoms. The third-order valence-corrected chi connectivity index (χ3v) is 5.74. The van der Waals surface area contributed by atoms with Crippen molar-refractivity contribution in [3.8, 4) is 10.6 Å². The van der Waals surface area contributed by atoms with Crippen LogP contribution in [-0.4, -0.2) is 64.5 Å². The number of amides is 3. The molecule has 0 unspecified atom stereocenters. The van der Waals surface area contributed by atoms with Crippen LogP contribution in [0.3, 0.4) is 0 Å². The van der Waals surface area contributed by atoms with Crippen molar-refractivity contribution < 1.29 is 9.59 Å². The van der Waals surface area contributed by atoms with Crippen molar-refractivity contribution in [1.29, 1.82) is 0 Å². The Morgan fingerprint density at radius 1 is 0.968 bits per heavy atom. The van der Waals surface area contributed by atoms with Crippen molar-refractivity contribution in [1.82, 2.24) is 25.2 Å². The van der Waals surface area contributed by atoms with Crippen molar-refractivity contribution in [3.05, 3.63) is 54.3 Å². The summed E-state index contributed by atoms with van der Waals surface area (Å²) in [6, 6.07) is 8.94. The molecule has 1 aliphatic rings. The van der Waals surface area contributed by atoms with E-state index in [2.05, 4.69) is 30.5 Å². The van der Waals surface area contributed by atoms with Crippen LogP contribution in [0.25, 0.3) is 10.6 Å². The minimum absolute atomic E-state index is 0.0294. The number of urea groups is 1. The Hall–Kier alpha value is -3.53. The van der Waals surface area contributed by atoms with Gasteiger partial charge in [-0.1, -0.05) is 0 Å². The van der Waals surface area contributed by atoms with Crippen molar-refractivity contribution in [2.75, 3.05) is 42.9 Å². The molecule has 4 rings (SSSR count). The summed E-state index contributed by atoms with van der Waals surface area (Å²) in [6.07, 6.45) is 5.45. The van der Waals surface area contributed by atoms with E-state index in [1.165, 1.54) is 0 Å². The molecule has 0 spiro atoms. The summed E-state index contributed by atoms with van der Waals surface area (Å²) < 4.78 is 0. The molecular formula is C21H23N7O2S. The van der Waals surface area contributed by atoms with Crippen LogP contribution < -0.4 is 15.5 Å². The summed E-state index contributed by atoms with van der Waals surface area (Å²) in [5, 5.41) is 8.38. The van der Waals surface area contributed by atoms with Crippen LogP contribution in [0, 0.1) is 0 Å². The molecular weight excluding hydrogens is 414 g/mol. The second-order valence-corrected chi connectivity index (χ2v) is 7.86. The quantitative estimate of drug-likeness (QED) is 0.614. The standard InChI is InChI=1S/C21H23N7O2S/c29-18(27-11-13-28(14-12-27)20-23-7-1-8-24-20)6-9-25-21(30)26-17-4-2-16(3-5-17)19-22-10-15-31-19/h1-5,7-8,10,15H,6,9,11-14H2,(H2,25,26,30). The molecule has 1 aliphatic heterocycles. The smallest absolute Gasteiger partial charge is 0.319 e. The number of aromatic nitrogens is 3. The van der Waals surface area contributed by atoms with Crippen molar-refractivity contribution in [2.45, 2.75) is 6.42 Å². The van der Waals surface area contributed by atoms with Gasteiger partial charge in [0, 0.05) is 74.4 Å². The SMILES string of the molecule is O=C(NCCC(=O)N1CCN(c2ncccn2)CC1)Nc1ccc(-c2nccs2)cc1. The number of nitrogens with zero attached hydrogens (tertiary/aromatic N) is 5. The van der Waals surface area contributed by atoms with Gasteiger partial charge in [-0.15, -0.1) is 11.3 Å². The van der Waals surface area contributed by atoms with E-state index in [0.717, 1.165) is 10.6 Å². The zero-order valence-corrected chi connectivity index (χ0v) is 17.7. The number of anilines is 2. The molecule has 3 aromatic rings. The van der Waals surface area contributed by atoms with E-state index in [-0.39, 0.29) is 24.9 Å². The summed E-state index contributed by atoms with van der Waals surface area (Å²) in [5.74, 6) is 0.717. The molecule has 3 amide bonds. The van der Waals surface area contributed by atoms with E-state index in [1.807, 2.05) is 34.5 Å². The summed E-state index contributed by atoms with van der Waals surface area (Å²) in [5.41, 5.74) is 1.69. The van der Waals surface area contributed by atoms with Crippen molar-refractivity contribution >= 4 is 34.9 Å². The maximum atomic E-state index is 12.4. The Morgan fingerprint density at radius 3 is 2.39 bits per heavy atom. The highest BCUT2D eigenvalue weighted by Gasteiger charge is 2.22. The number of nitrogens with one attached hydrogen (secondary N) is 2. The number of rotatable bonds is 6. The topological polar surface area (TPSA) is 103 Å². The van der Waals surface area contributed by atoms with Crippen LogP contribution in [0.2, 0.25) is 0 Å². The van der Waals surface area contributed by atoms with E-state index in [9.17, 15) is 9.59 Å². The number of thiazole rings is 1. The van der Waals surface area contributed by atoms with Gasteiger partial charge in [-0.2, -0.15) is 0 Å². The van der Waals surface area contributed by atoms with Gasteiger partial charge in [0.2, 0.25) is 11.9 Å². The molecule has 0 atom stereocenters. The van der Waals surface area contributed by atoms with Gasteiger partial charge in [0.05, 0.1) is 0 Å². The lowest BCUT2D eigenvalue weighted by molar-refractivity contribution is -0.131. The first-order chi connectivity index (χ1) is 15.2. The Balaban J connectivity index is 1.16. The fraction of sp³-hybridized carbons (Fsp3) is 0.286. The van der Waals surface area contributed by atoms with Crippen LogP contribution in [0.5, 0.6) is 0 Å². The van der Waals surface area contributed by atoms with E-state index in [4.69, 9.17) is 0 Å². The highest BCUT2D eigenvalue weighted by Crippen LogP contribution is 2.23. The first kappa shape index (κ1) is 20.7. The molecule has 0 aliphatic carbocycles. The maximum absolute atomic E-state index is 12.4. The zero-order valence-electron chi connectivity index (χ0n) is 16.9. The Morgan fingerprint density at radius 2 is 1.71 bits per heavy atom. The fourth-order valence-electron chi connectivity index (χ4n) is 3.29. The second kappa shape index (κ2) is 9.98. The minimum atomic E-state index is -0.333. The summed E-state index contributed by atoms with van der Waals surface area (Å²) in [7, 11) is 0. The second-order valence-electron chi connectivity index (χ2n) is 6.96. The average Bonchev–Trinajstić information content (AvgIpc) is 3.35. The lowest BCUT2D eigenvalue weighted by atomic mass is 10.2. The maximum Gasteiger partial charge on any atom is 0.319 e. The van der Waals surface area contributed by atoms with E-state index >= 15 is 0 Å². The third kappa shape index (κ3) is 5.54. The van der Waals surface area contributed by atoms with E-state index in [1.54, 1.807) is 36.0 Å². The van der Waals surface area contributed by atoms with Gasteiger partial charge >= 0.3 is 6.03 Å². The number of hydrogen-bond acceptors (Lipinski definition) is 7. The fourth-order valence-corrected chi connectivity index (χ4v) is 3.93. The van der Waals surface area contributed by atoms with Gasteiger partial charge < -0.3 is 20.4 Å². The van der Waals surface area contributed by atoms with Gasteiger partial charge in [-0.25, -0.2) is 19.7 Å². The summed E-state index contributed by atoms with van der Waals surface area (Å²) >= 11 is 1.56. The number of carbonyl (C=O) groups excluding carboxylic acids is 2. The lowest BCUT2D eigenvalue weighted by Gasteiger charge is -2.34. The zero-order chi connectivity index (χ0) is 21.5. The van der Waals surface area contributed by atoms with E-state index < -0.39 is 0 Å². The number of hydrogen-bond donors (Lipinski definition) is 2. The molecule has 2 N–H and O–H groups in total. The third-order valence-electron chi connectivity index (χ3n) is 4.91. The van der Waals surface area contributed by atoms with Gasteiger partial charge in [-0.3, -0.25) is 4.79 Å². The number of carbonyl (C=O) groups is 2. The number of piperazine rings is 1. The van der Waals surface area contributed by atoms with Gasteiger partial charge in [0.25, 0.3) is 0 Å². The molecule has 1 aromatic carbocycles. The lowest BCUT2D eigenvalue weighted by Crippen LogP contribution is -2.49. The number of benzene rings is 1. The molecule has 160 valence electrons. The first-order valence-corrected chi connectivity index (χ1v) is 10.9. The Labute approximate surface area is 184 Å². The molecule has 31 heavy (non-hydrogen) atoms. The van der Waals surface area contributed by atoms with Gasteiger partial charge in [0.1, 0.15) is 5.01 Å².